The first-order valence-corrected chi connectivity index (χ1v) is 6.15. The number of carbonyl (C=O) groups is 2. The number of carbonyl (C=O) groups excluding carboxylic acids is 1. The van der Waals surface area contributed by atoms with Crippen molar-refractivity contribution in [3.8, 4) is 0 Å². The molecule has 1 unspecified atom stereocenters. The van der Waals surface area contributed by atoms with E-state index in [1.807, 2.05) is 0 Å². The van der Waals surface area contributed by atoms with Crippen molar-refractivity contribution in [3.63, 3.8) is 0 Å². The number of hydrogen-bond acceptors (Lipinski definition) is 6. The Hall–Kier alpha value is -1.15. The third-order valence-electron chi connectivity index (χ3n) is 1.65. The van der Waals surface area contributed by atoms with Crippen LogP contribution in [-0.2, 0) is 28.9 Å². The molecule has 0 aromatic rings. The smallest absolute Gasteiger partial charge is 0.324 e. The molecule has 7 nitrogen and oxygen atoms in total. The van der Waals surface area contributed by atoms with Gasteiger partial charge < -0.3 is 14.6 Å². The van der Waals surface area contributed by atoms with Gasteiger partial charge >= 0.3 is 11.9 Å². The van der Waals surface area contributed by atoms with Crippen LogP contribution in [0.4, 0.5) is 0 Å². The Morgan fingerprint density at radius 2 is 1.94 bits per heavy atom. The van der Waals surface area contributed by atoms with Crippen LogP contribution >= 0.6 is 0 Å². The van der Waals surface area contributed by atoms with Crippen LogP contribution in [0.2, 0.25) is 0 Å². The van der Waals surface area contributed by atoms with Crippen molar-refractivity contribution in [2.45, 2.75) is 12.2 Å². The number of carboxylic acids is 1. The highest BCUT2D eigenvalue weighted by Crippen LogP contribution is 2.05. The van der Waals surface area contributed by atoms with Crippen LogP contribution in [0.3, 0.4) is 0 Å². The molecule has 0 amide bonds. The number of sulfone groups is 1. The maximum atomic E-state index is 11.5. The van der Waals surface area contributed by atoms with Gasteiger partial charge in [-0.25, -0.2) is 8.42 Å². The topological polar surface area (TPSA) is 107 Å². The van der Waals surface area contributed by atoms with Crippen LogP contribution in [0.25, 0.3) is 0 Å². The third kappa shape index (κ3) is 4.58. The standard InChI is InChI=1S/C8H14O7S/c1-3-15-7(9)5-16(12,13)6(4-14-2)8(10)11/h6H,3-5H2,1-2H3,(H,10,11). The van der Waals surface area contributed by atoms with Gasteiger partial charge in [0.25, 0.3) is 0 Å². The van der Waals surface area contributed by atoms with Crippen LogP contribution in [0.1, 0.15) is 6.92 Å². The summed E-state index contributed by atoms with van der Waals surface area (Å²) in [6, 6.07) is 0. The van der Waals surface area contributed by atoms with Crippen LogP contribution in [-0.4, -0.2) is 56.8 Å². The zero-order valence-electron chi connectivity index (χ0n) is 9.00. The van der Waals surface area contributed by atoms with E-state index >= 15 is 0 Å². The number of ether oxygens (including phenoxy) is 2. The molecule has 0 aliphatic heterocycles. The lowest BCUT2D eigenvalue weighted by Gasteiger charge is -2.11. The summed E-state index contributed by atoms with van der Waals surface area (Å²) in [5, 5.41) is 6.92. The minimum absolute atomic E-state index is 0.0381. The van der Waals surface area contributed by atoms with Gasteiger partial charge in [0.05, 0.1) is 13.2 Å². The van der Waals surface area contributed by atoms with Crippen molar-refractivity contribution in [2.75, 3.05) is 26.1 Å². The summed E-state index contributed by atoms with van der Waals surface area (Å²) in [5.74, 6) is -3.47. The maximum Gasteiger partial charge on any atom is 0.324 e. The zero-order chi connectivity index (χ0) is 12.8. The molecular formula is C8H14O7S. The predicted molar refractivity (Wildman–Crippen MR) is 53.7 cm³/mol. The van der Waals surface area contributed by atoms with Crippen molar-refractivity contribution >= 4 is 21.8 Å². The molecule has 0 saturated carbocycles. The molecule has 0 heterocycles. The van der Waals surface area contributed by atoms with E-state index < -0.39 is 39.4 Å². The van der Waals surface area contributed by atoms with Gasteiger partial charge in [0, 0.05) is 7.11 Å². The quantitative estimate of drug-likeness (QED) is 0.584. The first-order chi connectivity index (χ1) is 7.35. The first kappa shape index (κ1) is 14.8. The summed E-state index contributed by atoms with van der Waals surface area (Å²) in [6.45, 7) is 1.06. The SMILES string of the molecule is CCOC(=O)CS(=O)(=O)C(COC)C(=O)O. The Balaban J connectivity index is 4.73. The van der Waals surface area contributed by atoms with E-state index in [0.29, 0.717) is 0 Å². The molecule has 0 spiro atoms. The Bertz CT molecular complexity index is 345. The average Bonchev–Trinajstić information content (AvgIpc) is 2.12. The van der Waals surface area contributed by atoms with E-state index in [4.69, 9.17) is 5.11 Å². The molecule has 0 aromatic heterocycles. The Labute approximate surface area is 93.3 Å². The molecule has 0 radical (unpaired) electrons. The van der Waals surface area contributed by atoms with Gasteiger partial charge in [-0.2, -0.15) is 0 Å². The van der Waals surface area contributed by atoms with Crippen LogP contribution in [0.15, 0.2) is 0 Å². The molecule has 1 atom stereocenters. The lowest BCUT2D eigenvalue weighted by molar-refractivity contribution is -0.139. The lowest BCUT2D eigenvalue weighted by Crippen LogP contribution is -2.38. The number of methoxy groups -OCH3 is 1. The number of esters is 1. The van der Waals surface area contributed by atoms with Crippen molar-refractivity contribution in [1.29, 1.82) is 0 Å². The number of aliphatic carboxylic acids is 1. The van der Waals surface area contributed by atoms with E-state index in [0.717, 1.165) is 0 Å². The average molecular weight is 254 g/mol. The minimum atomic E-state index is -4.10. The number of rotatable bonds is 7. The summed E-state index contributed by atoms with van der Waals surface area (Å²) >= 11 is 0. The number of carboxylic acid groups (broad SMARTS) is 1. The molecule has 0 aromatic carbocycles. The first-order valence-electron chi connectivity index (χ1n) is 4.44. The summed E-state index contributed by atoms with van der Waals surface area (Å²) in [7, 11) is -2.93. The van der Waals surface area contributed by atoms with Crippen LogP contribution < -0.4 is 0 Å². The molecule has 16 heavy (non-hydrogen) atoms. The van der Waals surface area contributed by atoms with Gasteiger partial charge in [0.1, 0.15) is 5.75 Å². The fourth-order valence-corrected chi connectivity index (χ4v) is 2.21. The highest BCUT2D eigenvalue weighted by Gasteiger charge is 2.34. The fourth-order valence-electron chi connectivity index (χ4n) is 0.947. The van der Waals surface area contributed by atoms with Gasteiger partial charge in [-0.05, 0) is 6.92 Å². The monoisotopic (exact) mass is 254 g/mol. The zero-order valence-corrected chi connectivity index (χ0v) is 9.82. The van der Waals surface area contributed by atoms with E-state index in [9.17, 15) is 18.0 Å². The molecule has 94 valence electrons. The van der Waals surface area contributed by atoms with Gasteiger partial charge in [-0.1, -0.05) is 0 Å². The molecule has 0 aliphatic rings. The molecule has 8 heteroatoms. The molecule has 1 N–H and O–H groups in total. The Morgan fingerprint density at radius 1 is 1.38 bits per heavy atom. The summed E-state index contributed by atoms with van der Waals surface area (Å²) in [5.41, 5.74) is 0. The Morgan fingerprint density at radius 3 is 2.31 bits per heavy atom. The van der Waals surface area contributed by atoms with Crippen molar-refractivity contribution in [1.82, 2.24) is 0 Å². The van der Waals surface area contributed by atoms with Gasteiger partial charge in [0.15, 0.2) is 15.1 Å². The fraction of sp³-hybridized carbons (Fsp3) is 0.750. The van der Waals surface area contributed by atoms with E-state index in [-0.39, 0.29) is 6.61 Å². The van der Waals surface area contributed by atoms with Gasteiger partial charge in [-0.3, -0.25) is 9.59 Å². The van der Waals surface area contributed by atoms with Crippen molar-refractivity contribution in [3.05, 3.63) is 0 Å². The third-order valence-corrected chi connectivity index (χ3v) is 3.49. The highest BCUT2D eigenvalue weighted by molar-refractivity contribution is 7.93. The van der Waals surface area contributed by atoms with E-state index in [1.165, 1.54) is 14.0 Å². The van der Waals surface area contributed by atoms with Crippen molar-refractivity contribution < 1.29 is 32.6 Å². The molecule has 0 bridgehead atoms. The molecule has 0 aliphatic carbocycles. The summed E-state index contributed by atoms with van der Waals surface area (Å²) in [4.78, 5) is 21.6. The second-order valence-corrected chi connectivity index (χ2v) is 5.08. The van der Waals surface area contributed by atoms with Crippen LogP contribution in [0.5, 0.6) is 0 Å². The largest absolute Gasteiger partial charge is 0.480 e. The van der Waals surface area contributed by atoms with E-state index in [2.05, 4.69) is 9.47 Å². The number of hydrogen-bond donors (Lipinski definition) is 1. The van der Waals surface area contributed by atoms with Gasteiger partial charge in [-0.15, -0.1) is 0 Å². The normalized spacial score (nSPS) is 13.1. The maximum absolute atomic E-state index is 11.5. The van der Waals surface area contributed by atoms with E-state index in [1.54, 1.807) is 0 Å². The second-order valence-electron chi connectivity index (χ2n) is 2.89. The summed E-state index contributed by atoms with van der Waals surface area (Å²) in [6.07, 6.45) is 0. The molecule has 0 saturated heterocycles. The molecule has 0 rings (SSSR count). The lowest BCUT2D eigenvalue weighted by atomic mass is 10.5. The minimum Gasteiger partial charge on any atom is -0.480 e. The molecular weight excluding hydrogens is 240 g/mol. The van der Waals surface area contributed by atoms with Crippen molar-refractivity contribution in [2.24, 2.45) is 0 Å². The predicted octanol–water partition coefficient (Wildman–Crippen LogP) is -0.936. The van der Waals surface area contributed by atoms with Gasteiger partial charge in [0.2, 0.25) is 0 Å². The Kier molecular flexibility index (Phi) is 5.97. The molecule has 0 fully saturated rings. The summed E-state index contributed by atoms with van der Waals surface area (Å²) < 4.78 is 31.9. The highest BCUT2D eigenvalue weighted by atomic mass is 32.2. The van der Waals surface area contributed by atoms with Crippen LogP contribution in [0, 0.1) is 0 Å². The second kappa shape index (κ2) is 6.44.